The van der Waals surface area contributed by atoms with Gasteiger partial charge in [-0.3, -0.25) is 0 Å². The summed E-state index contributed by atoms with van der Waals surface area (Å²) in [6.07, 6.45) is 0. The summed E-state index contributed by atoms with van der Waals surface area (Å²) in [5, 5.41) is 0. The van der Waals surface area contributed by atoms with Crippen LogP contribution in [0.4, 0.5) is 5.69 Å². The molecule has 0 saturated heterocycles. The number of ether oxygens (including phenoxy) is 1. The summed E-state index contributed by atoms with van der Waals surface area (Å²) in [4.78, 5) is 11.0. The van der Waals surface area contributed by atoms with Gasteiger partial charge in [-0.15, -0.1) is 4.40 Å². The van der Waals surface area contributed by atoms with Crippen molar-refractivity contribution in [1.82, 2.24) is 0 Å². The monoisotopic (exact) mass is 272 g/mol. The molecule has 0 atom stereocenters. The Morgan fingerprint density at radius 3 is 2.44 bits per heavy atom. The van der Waals surface area contributed by atoms with E-state index >= 15 is 0 Å². The van der Waals surface area contributed by atoms with Gasteiger partial charge < -0.3 is 21.9 Å². The van der Waals surface area contributed by atoms with Gasteiger partial charge in [-0.1, -0.05) is 0 Å². The Hall–Kier alpha value is -2.29. The summed E-state index contributed by atoms with van der Waals surface area (Å²) in [5.74, 6) is -1.48. The minimum atomic E-state index is -4.21. The van der Waals surface area contributed by atoms with Crippen LogP contribution in [0.2, 0.25) is 0 Å². The van der Waals surface area contributed by atoms with Crippen molar-refractivity contribution in [2.45, 2.75) is 4.90 Å². The number of guanidine groups is 1. The van der Waals surface area contributed by atoms with E-state index in [9.17, 15) is 13.2 Å². The van der Waals surface area contributed by atoms with Gasteiger partial charge >= 0.3 is 5.97 Å². The Kier molecular flexibility index (Phi) is 3.76. The van der Waals surface area contributed by atoms with Crippen molar-refractivity contribution >= 4 is 27.6 Å². The smallest absolute Gasteiger partial charge is 0.339 e. The molecule has 18 heavy (non-hydrogen) atoms. The second-order valence-corrected chi connectivity index (χ2v) is 4.81. The number of sulfonamides is 1. The molecule has 1 aromatic carbocycles. The average molecular weight is 272 g/mol. The first-order chi connectivity index (χ1) is 8.27. The van der Waals surface area contributed by atoms with Crippen LogP contribution in [0.15, 0.2) is 27.5 Å². The van der Waals surface area contributed by atoms with Crippen molar-refractivity contribution in [2.75, 3.05) is 12.8 Å². The molecule has 1 aromatic rings. The van der Waals surface area contributed by atoms with Gasteiger partial charge in [0.1, 0.15) is 4.90 Å². The molecule has 1 rings (SSSR count). The number of methoxy groups -OCH3 is 1. The first kappa shape index (κ1) is 13.8. The molecule has 0 aliphatic carbocycles. The van der Waals surface area contributed by atoms with Crippen LogP contribution in [0.5, 0.6) is 0 Å². The lowest BCUT2D eigenvalue weighted by molar-refractivity contribution is 0.0596. The van der Waals surface area contributed by atoms with Gasteiger partial charge in [-0.2, -0.15) is 8.42 Å². The first-order valence-electron chi connectivity index (χ1n) is 4.61. The highest BCUT2D eigenvalue weighted by molar-refractivity contribution is 7.90. The third-order valence-electron chi connectivity index (χ3n) is 1.91. The maximum absolute atomic E-state index is 11.8. The number of anilines is 1. The minimum absolute atomic E-state index is 0.145. The number of hydrogen-bond acceptors (Lipinski definition) is 5. The molecule has 0 radical (unpaired) electrons. The number of carbonyl (C=O) groups is 1. The summed E-state index contributed by atoms with van der Waals surface area (Å²) in [5.41, 5.74) is 15.4. The molecule has 0 aromatic heterocycles. The minimum Gasteiger partial charge on any atom is -0.465 e. The van der Waals surface area contributed by atoms with E-state index in [1.165, 1.54) is 12.1 Å². The fraction of sp³-hybridized carbons (Fsp3) is 0.111. The summed E-state index contributed by atoms with van der Waals surface area (Å²) in [6, 6.07) is 3.66. The van der Waals surface area contributed by atoms with Gasteiger partial charge in [0.05, 0.1) is 12.7 Å². The molecule has 0 heterocycles. The zero-order valence-electron chi connectivity index (χ0n) is 9.45. The van der Waals surface area contributed by atoms with Crippen LogP contribution in [0.1, 0.15) is 10.4 Å². The van der Waals surface area contributed by atoms with E-state index < -0.39 is 26.8 Å². The largest absolute Gasteiger partial charge is 0.465 e. The lowest BCUT2D eigenvalue weighted by Gasteiger charge is -2.07. The summed E-state index contributed by atoms with van der Waals surface area (Å²) in [6.45, 7) is 0. The third kappa shape index (κ3) is 2.88. The van der Waals surface area contributed by atoms with Gasteiger partial charge in [0.25, 0.3) is 10.0 Å². The van der Waals surface area contributed by atoms with Crippen molar-refractivity contribution in [3.8, 4) is 0 Å². The third-order valence-corrected chi connectivity index (χ3v) is 3.26. The van der Waals surface area contributed by atoms with E-state index in [0.717, 1.165) is 13.2 Å². The van der Waals surface area contributed by atoms with E-state index in [0.29, 0.717) is 0 Å². The van der Waals surface area contributed by atoms with Crippen molar-refractivity contribution in [1.29, 1.82) is 0 Å². The molecular formula is C9H12N4O4S. The van der Waals surface area contributed by atoms with Crippen LogP contribution in [-0.2, 0) is 14.8 Å². The maximum atomic E-state index is 11.8. The molecule has 8 nitrogen and oxygen atoms in total. The van der Waals surface area contributed by atoms with Crippen molar-refractivity contribution < 1.29 is 17.9 Å². The number of rotatable bonds is 3. The fourth-order valence-corrected chi connectivity index (χ4v) is 2.31. The molecule has 0 aliphatic rings. The SMILES string of the molecule is COC(=O)c1ccc(N)cc1S(=O)(=O)N=C(N)N. The topological polar surface area (TPSA) is 151 Å². The molecule has 0 fully saturated rings. The molecule has 0 spiro atoms. The number of benzene rings is 1. The maximum Gasteiger partial charge on any atom is 0.339 e. The zero-order chi connectivity index (χ0) is 13.9. The van der Waals surface area contributed by atoms with E-state index in [-0.39, 0.29) is 11.3 Å². The molecular weight excluding hydrogens is 260 g/mol. The number of carbonyl (C=O) groups excluding carboxylic acids is 1. The zero-order valence-corrected chi connectivity index (χ0v) is 10.3. The van der Waals surface area contributed by atoms with Crippen LogP contribution in [0, 0.1) is 0 Å². The van der Waals surface area contributed by atoms with Crippen LogP contribution >= 0.6 is 0 Å². The Morgan fingerprint density at radius 1 is 1.33 bits per heavy atom. The van der Waals surface area contributed by atoms with E-state index in [1.54, 1.807) is 0 Å². The molecule has 6 N–H and O–H groups in total. The molecule has 9 heteroatoms. The van der Waals surface area contributed by atoms with Gasteiger partial charge in [0, 0.05) is 5.69 Å². The first-order valence-corrected chi connectivity index (χ1v) is 6.05. The second-order valence-electron chi connectivity index (χ2n) is 3.24. The Labute approximate surface area is 103 Å². The highest BCUT2D eigenvalue weighted by Gasteiger charge is 2.23. The Balaban J connectivity index is 3.53. The number of nitrogens with zero attached hydrogens (tertiary/aromatic N) is 1. The average Bonchev–Trinajstić information content (AvgIpc) is 2.26. The van der Waals surface area contributed by atoms with Crippen LogP contribution in [0.3, 0.4) is 0 Å². The predicted octanol–water partition coefficient (Wildman–Crippen LogP) is -0.982. The molecule has 0 saturated carbocycles. The highest BCUT2D eigenvalue weighted by atomic mass is 32.2. The lowest BCUT2D eigenvalue weighted by Crippen LogP contribution is -2.24. The molecule has 98 valence electrons. The standard InChI is InChI=1S/C9H12N4O4S/c1-17-8(14)6-3-2-5(10)4-7(6)18(15,16)13-9(11)12/h2-4H,10H2,1H3,(H4,11,12,13). The Bertz CT molecular complexity index is 605. The normalized spacial score (nSPS) is 10.7. The van der Waals surface area contributed by atoms with E-state index in [2.05, 4.69) is 9.13 Å². The number of esters is 1. The highest BCUT2D eigenvalue weighted by Crippen LogP contribution is 2.21. The van der Waals surface area contributed by atoms with Gasteiger partial charge in [-0.25, -0.2) is 4.79 Å². The number of nitrogens with two attached hydrogens (primary N) is 3. The van der Waals surface area contributed by atoms with Crippen LogP contribution in [0.25, 0.3) is 0 Å². The van der Waals surface area contributed by atoms with Gasteiger partial charge in [-0.05, 0) is 18.2 Å². The molecule has 0 unspecified atom stereocenters. The summed E-state index contributed by atoms with van der Waals surface area (Å²) in [7, 11) is -3.09. The van der Waals surface area contributed by atoms with E-state index in [4.69, 9.17) is 17.2 Å². The number of hydrogen-bond donors (Lipinski definition) is 3. The fourth-order valence-electron chi connectivity index (χ4n) is 1.22. The summed E-state index contributed by atoms with van der Waals surface area (Å²) >= 11 is 0. The lowest BCUT2D eigenvalue weighted by atomic mass is 10.2. The quantitative estimate of drug-likeness (QED) is 0.277. The molecule has 0 aliphatic heterocycles. The predicted molar refractivity (Wildman–Crippen MR) is 65.2 cm³/mol. The number of nitrogen functional groups attached to an aromatic ring is 1. The van der Waals surface area contributed by atoms with E-state index in [1.807, 2.05) is 0 Å². The van der Waals surface area contributed by atoms with Gasteiger partial charge in [0.15, 0.2) is 0 Å². The molecule has 0 bridgehead atoms. The van der Waals surface area contributed by atoms with Crippen molar-refractivity contribution in [3.63, 3.8) is 0 Å². The second kappa shape index (κ2) is 4.92. The van der Waals surface area contributed by atoms with Crippen molar-refractivity contribution in [2.24, 2.45) is 15.9 Å². The summed E-state index contributed by atoms with van der Waals surface area (Å²) < 4.78 is 31.2. The van der Waals surface area contributed by atoms with Gasteiger partial charge in [0.2, 0.25) is 5.96 Å². The Morgan fingerprint density at radius 2 is 1.94 bits per heavy atom. The van der Waals surface area contributed by atoms with Crippen LogP contribution in [-0.4, -0.2) is 27.5 Å². The molecule has 0 amide bonds. The van der Waals surface area contributed by atoms with Crippen molar-refractivity contribution in [3.05, 3.63) is 23.8 Å². The van der Waals surface area contributed by atoms with Crippen LogP contribution < -0.4 is 17.2 Å².